The molecule has 1 saturated heterocycles. The molecule has 1 rings (SSSR count). The Morgan fingerprint density at radius 2 is 2.36 bits per heavy atom. The molecule has 0 aromatic rings. The van der Waals surface area contributed by atoms with E-state index in [2.05, 4.69) is 5.32 Å². The van der Waals surface area contributed by atoms with Gasteiger partial charge in [0.05, 0.1) is 0 Å². The fourth-order valence-corrected chi connectivity index (χ4v) is 1.39. The van der Waals surface area contributed by atoms with Crippen LogP contribution in [0.4, 0.5) is 0 Å². The molecular weight excluding hydrogens is 142 g/mol. The number of esters is 1. The van der Waals surface area contributed by atoms with Crippen molar-refractivity contribution >= 4 is 5.97 Å². The summed E-state index contributed by atoms with van der Waals surface area (Å²) in [4.78, 5) is 10.6. The summed E-state index contributed by atoms with van der Waals surface area (Å²) >= 11 is 0. The molecule has 3 heteroatoms. The molecule has 2 atom stereocenters. The van der Waals surface area contributed by atoms with Gasteiger partial charge in [-0.1, -0.05) is 0 Å². The van der Waals surface area contributed by atoms with Crippen LogP contribution < -0.4 is 5.32 Å². The normalized spacial score (nSPS) is 31.5. The van der Waals surface area contributed by atoms with Gasteiger partial charge >= 0.3 is 5.97 Å². The van der Waals surface area contributed by atoms with E-state index in [0.29, 0.717) is 6.04 Å². The van der Waals surface area contributed by atoms with Crippen LogP contribution in [0.5, 0.6) is 0 Å². The summed E-state index contributed by atoms with van der Waals surface area (Å²) in [6.07, 6.45) is 2.18. The van der Waals surface area contributed by atoms with Crippen molar-refractivity contribution in [2.45, 2.75) is 38.8 Å². The second kappa shape index (κ2) is 3.72. The minimum Gasteiger partial charge on any atom is -0.461 e. The van der Waals surface area contributed by atoms with Crippen LogP contribution in [0.2, 0.25) is 0 Å². The van der Waals surface area contributed by atoms with Gasteiger partial charge < -0.3 is 10.1 Å². The number of carbonyl (C=O) groups is 1. The summed E-state index contributed by atoms with van der Waals surface area (Å²) in [5.41, 5.74) is 0. The van der Waals surface area contributed by atoms with Gasteiger partial charge in [0.25, 0.3) is 0 Å². The lowest BCUT2D eigenvalue weighted by Crippen LogP contribution is -2.44. The Bertz CT molecular complexity index is 147. The molecule has 0 aromatic carbocycles. The van der Waals surface area contributed by atoms with Crippen LogP contribution in [-0.2, 0) is 9.53 Å². The fraction of sp³-hybridized carbons (Fsp3) is 0.875. The summed E-state index contributed by atoms with van der Waals surface area (Å²) in [5, 5.41) is 3.26. The third-order valence-electron chi connectivity index (χ3n) is 2.01. The highest BCUT2D eigenvalue weighted by Crippen LogP contribution is 2.11. The van der Waals surface area contributed by atoms with E-state index in [1.165, 1.54) is 6.92 Å². The molecule has 11 heavy (non-hydrogen) atoms. The smallest absolute Gasteiger partial charge is 0.302 e. The van der Waals surface area contributed by atoms with E-state index in [4.69, 9.17) is 4.74 Å². The number of hydrogen-bond acceptors (Lipinski definition) is 3. The van der Waals surface area contributed by atoms with Crippen LogP contribution in [0.25, 0.3) is 0 Å². The van der Waals surface area contributed by atoms with Crippen LogP contribution in [0, 0.1) is 0 Å². The first-order valence-electron chi connectivity index (χ1n) is 4.11. The molecule has 1 fully saturated rings. The van der Waals surface area contributed by atoms with Crippen molar-refractivity contribution in [3.63, 3.8) is 0 Å². The average molecular weight is 157 g/mol. The quantitative estimate of drug-likeness (QED) is 0.569. The maximum atomic E-state index is 10.6. The molecule has 0 bridgehead atoms. The molecule has 0 aliphatic carbocycles. The van der Waals surface area contributed by atoms with Gasteiger partial charge in [0.15, 0.2) is 0 Å². The van der Waals surface area contributed by atoms with Crippen molar-refractivity contribution in [3.05, 3.63) is 0 Å². The lowest BCUT2D eigenvalue weighted by Gasteiger charge is -2.28. The Balaban J connectivity index is 2.35. The van der Waals surface area contributed by atoms with Crippen LogP contribution in [0.3, 0.4) is 0 Å². The Hall–Kier alpha value is -0.570. The maximum absolute atomic E-state index is 10.6. The van der Waals surface area contributed by atoms with Gasteiger partial charge in [-0.25, -0.2) is 0 Å². The summed E-state index contributed by atoms with van der Waals surface area (Å²) < 4.78 is 5.10. The zero-order valence-electron chi connectivity index (χ0n) is 7.09. The first-order chi connectivity index (χ1) is 5.20. The van der Waals surface area contributed by atoms with Crippen LogP contribution in [0.15, 0.2) is 0 Å². The Kier molecular flexibility index (Phi) is 2.88. The van der Waals surface area contributed by atoms with Gasteiger partial charge in [-0.3, -0.25) is 4.79 Å². The third-order valence-corrected chi connectivity index (χ3v) is 2.01. The highest BCUT2D eigenvalue weighted by atomic mass is 16.5. The lowest BCUT2D eigenvalue weighted by molar-refractivity contribution is -0.148. The monoisotopic (exact) mass is 157 g/mol. The highest BCUT2D eigenvalue weighted by molar-refractivity contribution is 5.66. The number of rotatable bonds is 1. The largest absolute Gasteiger partial charge is 0.461 e. The minimum absolute atomic E-state index is 0.0845. The summed E-state index contributed by atoms with van der Waals surface area (Å²) in [5.74, 6) is -0.175. The molecule has 1 heterocycles. The topological polar surface area (TPSA) is 38.3 Å². The molecule has 0 aromatic heterocycles. The van der Waals surface area contributed by atoms with Gasteiger partial charge in [-0.05, 0) is 26.3 Å². The van der Waals surface area contributed by atoms with Crippen molar-refractivity contribution in [1.29, 1.82) is 0 Å². The minimum atomic E-state index is -0.175. The van der Waals surface area contributed by atoms with E-state index in [1.807, 2.05) is 6.92 Å². The Labute approximate surface area is 67.1 Å². The molecule has 0 radical (unpaired) electrons. The molecule has 64 valence electrons. The molecule has 2 unspecified atom stereocenters. The third kappa shape index (κ3) is 2.50. The van der Waals surface area contributed by atoms with Crippen LogP contribution in [-0.4, -0.2) is 24.7 Å². The Morgan fingerprint density at radius 1 is 1.64 bits per heavy atom. The molecule has 1 aliphatic rings. The number of hydrogen-bond donors (Lipinski definition) is 1. The molecule has 0 spiro atoms. The molecule has 0 amide bonds. The van der Waals surface area contributed by atoms with E-state index < -0.39 is 0 Å². The molecule has 3 nitrogen and oxygen atoms in total. The zero-order valence-corrected chi connectivity index (χ0v) is 7.09. The molecule has 1 N–H and O–H groups in total. The van der Waals surface area contributed by atoms with Crippen LogP contribution in [0.1, 0.15) is 26.7 Å². The van der Waals surface area contributed by atoms with E-state index in [9.17, 15) is 4.79 Å². The average Bonchev–Trinajstić information content (AvgIpc) is 1.93. The first kappa shape index (κ1) is 8.53. The fourth-order valence-electron chi connectivity index (χ4n) is 1.39. The molecule has 1 aliphatic heterocycles. The van der Waals surface area contributed by atoms with Gasteiger partial charge in [-0.2, -0.15) is 0 Å². The van der Waals surface area contributed by atoms with E-state index in [-0.39, 0.29) is 12.1 Å². The summed E-state index contributed by atoms with van der Waals surface area (Å²) in [7, 11) is 0. The second-order valence-electron chi connectivity index (χ2n) is 3.03. The van der Waals surface area contributed by atoms with E-state index in [0.717, 1.165) is 19.4 Å². The highest BCUT2D eigenvalue weighted by Gasteiger charge is 2.22. The SMILES string of the molecule is CC(=O)OC1CCCNC1C. The summed E-state index contributed by atoms with van der Waals surface area (Å²) in [6.45, 7) is 4.55. The van der Waals surface area contributed by atoms with Crippen molar-refractivity contribution in [3.8, 4) is 0 Å². The number of carbonyl (C=O) groups excluding carboxylic acids is 1. The van der Waals surface area contributed by atoms with E-state index >= 15 is 0 Å². The number of nitrogens with one attached hydrogen (secondary N) is 1. The van der Waals surface area contributed by atoms with E-state index in [1.54, 1.807) is 0 Å². The zero-order chi connectivity index (χ0) is 8.27. The molecular formula is C8H15NO2. The number of ether oxygens (including phenoxy) is 1. The van der Waals surface area contributed by atoms with Crippen molar-refractivity contribution in [2.24, 2.45) is 0 Å². The standard InChI is InChI=1S/C8H15NO2/c1-6-8(11-7(2)10)4-3-5-9-6/h6,8-9H,3-5H2,1-2H3. The van der Waals surface area contributed by atoms with Gasteiger partial charge in [0, 0.05) is 13.0 Å². The Morgan fingerprint density at radius 3 is 2.91 bits per heavy atom. The predicted molar refractivity (Wildman–Crippen MR) is 42.3 cm³/mol. The number of piperidine rings is 1. The first-order valence-corrected chi connectivity index (χ1v) is 4.11. The molecule has 0 saturated carbocycles. The van der Waals surface area contributed by atoms with Crippen LogP contribution >= 0.6 is 0 Å². The predicted octanol–water partition coefficient (Wildman–Crippen LogP) is 0.690. The lowest BCUT2D eigenvalue weighted by atomic mass is 10.0. The summed E-state index contributed by atoms with van der Waals surface area (Å²) in [6, 6.07) is 0.313. The van der Waals surface area contributed by atoms with Crippen molar-refractivity contribution in [1.82, 2.24) is 5.32 Å². The second-order valence-corrected chi connectivity index (χ2v) is 3.03. The van der Waals surface area contributed by atoms with Crippen molar-refractivity contribution in [2.75, 3.05) is 6.54 Å². The van der Waals surface area contributed by atoms with Gasteiger partial charge in [0.2, 0.25) is 0 Å². The van der Waals surface area contributed by atoms with Crippen molar-refractivity contribution < 1.29 is 9.53 Å². The van der Waals surface area contributed by atoms with Gasteiger partial charge in [0.1, 0.15) is 6.10 Å². The maximum Gasteiger partial charge on any atom is 0.302 e. The van der Waals surface area contributed by atoms with Gasteiger partial charge in [-0.15, -0.1) is 0 Å².